The first-order valence-corrected chi connectivity index (χ1v) is 4.97. The molecule has 1 atom stereocenters. The van der Waals surface area contributed by atoms with E-state index in [2.05, 4.69) is 15.9 Å². The van der Waals surface area contributed by atoms with E-state index in [-0.39, 0.29) is 4.47 Å². The number of rotatable bonds is 3. The molecule has 7 heteroatoms. The lowest BCUT2D eigenvalue weighted by molar-refractivity contribution is -0.0726. The SMILES string of the molecule is N[C@H](c1c(F)cc(Br)cc1F)C(F)(F)CO. The molecule has 0 aliphatic rings. The third-order valence-electron chi connectivity index (χ3n) is 2.02. The summed E-state index contributed by atoms with van der Waals surface area (Å²) < 4.78 is 52.5. The second-order valence-corrected chi connectivity index (χ2v) is 4.10. The van der Waals surface area contributed by atoms with E-state index in [4.69, 9.17) is 10.8 Å². The maximum Gasteiger partial charge on any atom is 0.289 e. The van der Waals surface area contributed by atoms with E-state index in [9.17, 15) is 17.6 Å². The van der Waals surface area contributed by atoms with Crippen molar-refractivity contribution in [2.45, 2.75) is 12.0 Å². The van der Waals surface area contributed by atoms with E-state index in [0.29, 0.717) is 0 Å². The number of aliphatic hydroxyl groups excluding tert-OH is 1. The van der Waals surface area contributed by atoms with Gasteiger partial charge in [-0.05, 0) is 12.1 Å². The summed E-state index contributed by atoms with van der Waals surface area (Å²) in [6.07, 6.45) is 0. The summed E-state index contributed by atoms with van der Waals surface area (Å²) >= 11 is 2.81. The molecule has 3 N–H and O–H groups in total. The predicted molar refractivity (Wildman–Crippen MR) is 53.0 cm³/mol. The van der Waals surface area contributed by atoms with Crippen molar-refractivity contribution >= 4 is 15.9 Å². The number of aliphatic hydroxyl groups is 1. The molecule has 0 amide bonds. The predicted octanol–water partition coefficient (Wildman–Crippen LogP) is 2.35. The van der Waals surface area contributed by atoms with Crippen LogP contribution in [0.15, 0.2) is 16.6 Å². The molecule has 0 aromatic heterocycles. The maximum absolute atomic E-state index is 13.3. The minimum atomic E-state index is -3.78. The first-order valence-electron chi connectivity index (χ1n) is 4.18. The molecule has 1 aromatic carbocycles. The third kappa shape index (κ3) is 2.53. The molecule has 0 spiro atoms. The molecule has 0 fully saturated rings. The van der Waals surface area contributed by atoms with E-state index < -0.39 is 35.8 Å². The van der Waals surface area contributed by atoms with Crippen molar-refractivity contribution in [3.63, 3.8) is 0 Å². The molecule has 90 valence electrons. The number of alkyl halides is 2. The van der Waals surface area contributed by atoms with Crippen molar-refractivity contribution in [1.82, 2.24) is 0 Å². The zero-order valence-electron chi connectivity index (χ0n) is 7.85. The molecular formula is C9H8BrF4NO. The normalized spacial score (nSPS) is 13.9. The van der Waals surface area contributed by atoms with Gasteiger partial charge in [0.05, 0.1) is 0 Å². The Labute approximate surface area is 97.2 Å². The van der Waals surface area contributed by atoms with Gasteiger partial charge in [0.1, 0.15) is 24.3 Å². The zero-order valence-corrected chi connectivity index (χ0v) is 9.44. The highest BCUT2D eigenvalue weighted by molar-refractivity contribution is 9.10. The lowest BCUT2D eigenvalue weighted by Gasteiger charge is -2.22. The molecule has 1 rings (SSSR count). The number of benzene rings is 1. The van der Waals surface area contributed by atoms with Crippen LogP contribution < -0.4 is 5.73 Å². The van der Waals surface area contributed by atoms with Gasteiger partial charge in [0.2, 0.25) is 0 Å². The smallest absolute Gasteiger partial charge is 0.289 e. The lowest BCUT2D eigenvalue weighted by Crippen LogP contribution is -2.37. The van der Waals surface area contributed by atoms with Crippen LogP contribution in [0.3, 0.4) is 0 Å². The Hall–Kier alpha value is -0.660. The number of halogens is 5. The largest absolute Gasteiger partial charge is 0.390 e. The number of hydrogen-bond acceptors (Lipinski definition) is 2. The first kappa shape index (κ1) is 13.4. The van der Waals surface area contributed by atoms with Crippen LogP contribution in [-0.4, -0.2) is 17.6 Å². The van der Waals surface area contributed by atoms with E-state index in [0.717, 1.165) is 12.1 Å². The summed E-state index contributed by atoms with van der Waals surface area (Å²) in [5.41, 5.74) is 4.09. The molecular weight excluding hydrogens is 294 g/mol. The molecule has 0 aliphatic carbocycles. The third-order valence-corrected chi connectivity index (χ3v) is 2.48. The molecule has 0 heterocycles. The van der Waals surface area contributed by atoms with Gasteiger partial charge in [-0.3, -0.25) is 0 Å². The summed E-state index contributed by atoms with van der Waals surface area (Å²) in [4.78, 5) is 0. The monoisotopic (exact) mass is 301 g/mol. The maximum atomic E-state index is 13.3. The molecule has 0 bridgehead atoms. The minimum Gasteiger partial charge on any atom is -0.390 e. The molecule has 0 aliphatic heterocycles. The van der Waals surface area contributed by atoms with Crippen LogP contribution in [0.1, 0.15) is 11.6 Å². The Balaban J connectivity index is 3.24. The summed E-state index contributed by atoms with van der Waals surface area (Å²) in [5.74, 6) is -6.16. The second-order valence-electron chi connectivity index (χ2n) is 3.18. The van der Waals surface area contributed by atoms with Crippen LogP contribution in [0.25, 0.3) is 0 Å². The van der Waals surface area contributed by atoms with Crippen LogP contribution in [0.5, 0.6) is 0 Å². The van der Waals surface area contributed by atoms with E-state index in [1.807, 2.05) is 0 Å². The van der Waals surface area contributed by atoms with Crippen molar-refractivity contribution in [3.05, 3.63) is 33.8 Å². The van der Waals surface area contributed by atoms with Gasteiger partial charge in [-0.1, -0.05) is 15.9 Å². The molecule has 0 saturated carbocycles. The van der Waals surface area contributed by atoms with Gasteiger partial charge in [-0.25, -0.2) is 17.6 Å². The molecule has 16 heavy (non-hydrogen) atoms. The van der Waals surface area contributed by atoms with Crippen LogP contribution in [0, 0.1) is 11.6 Å². The van der Waals surface area contributed by atoms with Gasteiger partial charge in [-0.2, -0.15) is 0 Å². The molecule has 0 radical (unpaired) electrons. The quantitative estimate of drug-likeness (QED) is 0.842. The summed E-state index contributed by atoms with van der Waals surface area (Å²) in [7, 11) is 0. The fraction of sp³-hybridized carbons (Fsp3) is 0.333. The molecule has 2 nitrogen and oxygen atoms in total. The van der Waals surface area contributed by atoms with Crippen LogP contribution in [-0.2, 0) is 0 Å². The Morgan fingerprint density at radius 3 is 2.12 bits per heavy atom. The van der Waals surface area contributed by atoms with Gasteiger partial charge in [0.25, 0.3) is 5.92 Å². The van der Waals surface area contributed by atoms with Crippen molar-refractivity contribution in [3.8, 4) is 0 Å². The fourth-order valence-corrected chi connectivity index (χ4v) is 1.56. The highest BCUT2D eigenvalue weighted by atomic mass is 79.9. The Kier molecular flexibility index (Phi) is 3.92. The van der Waals surface area contributed by atoms with Crippen molar-refractivity contribution in [2.24, 2.45) is 5.73 Å². The van der Waals surface area contributed by atoms with Gasteiger partial charge in [0.15, 0.2) is 0 Å². The van der Waals surface area contributed by atoms with Crippen molar-refractivity contribution in [1.29, 1.82) is 0 Å². The first-order chi connectivity index (χ1) is 7.29. The van der Waals surface area contributed by atoms with Crippen molar-refractivity contribution < 1.29 is 22.7 Å². The highest BCUT2D eigenvalue weighted by Crippen LogP contribution is 2.33. The number of hydrogen-bond donors (Lipinski definition) is 2. The van der Waals surface area contributed by atoms with E-state index >= 15 is 0 Å². The summed E-state index contributed by atoms with van der Waals surface area (Å²) in [6, 6.07) is -0.581. The van der Waals surface area contributed by atoms with Crippen LogP contribution in [0.4, 0.5) is 17.6 Å². The second kappa shape index (κ2) is 4.68. The molecule has 0 unspecified atom stereocenters. The average Bonchev–Trinajstić information content (AvgIpc) is 2.15. The van der Waals surface area contributed by atoms with Gasteiger partial charge in [-0.15, -0.1) is 0 Å². The summed E-state index contributed by atoms with van der Waals surface area (Å²) in [6.45, 7) is -1.58. The average molecular weight is 302 g/mol. The lowest BCUT2D eigenvalue weighted by atomic mass is 10.0. The van der Waals surface area contributed by atoms with Crippen LogP contribution >= 0.6 is 15.9 Å². The number of nitrogens with two attached hydrogens (primary N) is 1. The van der Waals surface area contributed by atoms with E-state index in [1.54, 1.807) is 0 Å². The molecule has 1 aromatic rings. The van der Waals surface area contributed by atoms with Crippen molar-refractivity contribution in [2.75, 3.05) is 6.61 Å². The highest BCUT2D eigenvalue weighted by Gasteiger charge is 2.40. The zero-order chi connectivity index (χ0) is 12.5. The Morgan fingerprint density at radius 1 is 1.31 bits per heavy atom. The van der Waals surface area contributed by atoms with E-state index in [1.165, 1.54) is 0 Å². The standard InChI is InChI=1S/C9H8BrF4NO/c10-4-1-5(11)7(6(12)2-4)8(15)9(13,14)3-16/h1-2,8,16H,3,15H2/t8-/m1/s1. The fourth-order valence-electron chi connectivity index (χ4n) is 1.16. The van der Waals surface area contributed by atoms with Gasteiger partial charge in [0, 0.05) is 10.0 Å². The van der Waals surface area contributed by atoms with Crippen LogP contribution in [0.2, 0.25) is 0 Å². The Morgan fingerprint density at radius 2 is 1.75 bits per heavy atom. The molecule has 0 saturated heterocycles. The minimum absolute atomic E-state index is 0.0748. The van der Waals surface area contributed by atoms with Gasteiger partial charge >= 0.3 is 0 Å². The topological polar surface area (TPSA) is 46.2 Å². The Bertz CT molecular complexity index is 376. The van der Waals surface area contributed by atoms with Gasteiger partial charge < -0.3 is 10.8 Å². The summed E-state index contributed by atoms with van der Waals surface area (Å²) in [5, 5.41) is 8.38.